The van der Waals surface area contributed by atoms with Crippen molar-refractivity contribution in [2.24, 2.45) is 0 Å². The van der Waals surface area contributed by atoms with Gasteiger partial charge in [0, 0.05) is 6.42 Å². The molecule has 0 aliphatic heterocycles. The molecule has 3 heteroatoms. The van der Waals surface area contributed by atoms with Gasteiger partial charge in [-0.15, -0.1) is 0 Å². The summed E-state index contributed by atoms with van der Waals surface area (Å²) < 4.78 is 19.2. The van der Waals surface area contributed by atoms with E-state index in [-0.39, 0.29) is 5.82 Å². The van der Waals surface area contributed by atoms with Crippen LogP contribution < -0.4 is 0 Å². The third-order valence-electron chi connectivity index (χ3n) is 2.83. The van der Waals surface area contributed by atoms with Crippen LogP contribution in [0.15, 0.2) is 40.8 Å². The van der Waals surface area contributed by atoms with Crippen LogP contribution in [0.3, 0.4) is 0 Å². The first-order valence-electron chi connectivity index (χ1n) is 6.15. The van der Waals surface area contributed by atoms with Gasteiger partial charge in [-0.25, -0.2) is 4.39 Å². The zero-order chi connectivity index (χ0) is 13.0. The Balaban J connectivity index is 2.04. The Morgan fingerprint density at radius 2 is 1.89 bits per heavy atom. The highest BCUT2D eigenvalue weighted by Crippen LogP contribution is 2.25. The van der Waals surface area contributed by atoms with Crippen LogP contribution in [0.25, 0.3) is 11.3 Å². The fourth-order valence-electron chi connectivity index (χ4n) is 1.89. The van der Waals surface area contributed by atoms with E-state index in [0.29, 0.717) is 11.3 Å². The van der Waals surface area contributed by atoms with Gasteiger partial charge in [0.2, 0.25) is 0 Å². The Labute approximate surface area is 107 Å². The summed E-state index contributed by atoms with van der Waals surface area (Å²) in [6.45, 7) is 1.02. The monoisotopic (exact) mass is 247 g/mol. The quantitative estimate of drug-likeness (QED) is 0.803. The van der Waals surface area contributed by atoms with Gasteiger partial charge in [-0.1, -0.05) is 12.1 Å². The van der Waals surface area contributed by atoms with Crippen LogP contribution >= 0.6 is 0 Å². The summed E-state index contributed by atoms with van der Waals surface area (Å²) in [7, 11) is 4.10. The molecule has 1 heterocycles. The number of rotatable bonds is 5. The van der Waals surface area contributed by atoms with Gasteiger partial charge >= 0.3 is 0 Å². The van der Waals surface area contributed by atoms with Gasteiger partial charge in [-0.2, -0.15) is 0 Å². The second-order valence-electron chi connectivity index (χ2n) is 4.65. The van der Waals surface area contributed by atoms with Crippen LogP contribution in [-0.2, 0) is 6.42 Å². The van der Waals surface area contributed by atoms with E-state index in [1.165, 1.54) is 6.07 Å². The summed E-state index contributed by atoms with van der Waals surface area (Å²) >= 11 is 0. The smallest absolute Gasteiger partial charge is 0.137 e. The zero-order valence-electron chi connectivity index (χ0n) is 10.8. The molecule has 0 atom stereocenters. The van der Waals surface area contributed by atoms with Gasteiger partial charge in [0.15, 0.2) is 0 Å². The molecule has 0 radical (unpaired) electrons. The normalized spacial score (nSPS) is 11.1. The number of halogens is 1. The van der Waals surface area contributed by atoms with Crippen molar-refractivity contribution in [1.29, 1.82) is 0 Å². The van der Waals surface area contributed by atoms with Gasteiger partial charge < -0.3 is 9.32 Å². The third-order valence-corrected chi connectivity index (χ3v) is 2.83. The molecule has 0 saturated heterocycles. The van der Waals surface area contributed by atoms with Crippen LogP contribution in [0, 0.1) is 5.82 Å². The summed E-state index contributed by atoms with van der Waals surface area (Å²) in [6, 6.07) is 10.4. The van der Waals surface area contributed by atoms with Crippen molar-refractivity contribution in [3.8, 4) is 11.3 Å². The van der Waals surface area contributed by atoms with Crippen molar-refractivity contribution >= 4 is 0 Å². The Kier molecular flexibility index (Phi) is 4.15. The molecule has 18 heavy (non-hydrogen) atoms. The van der Waals surface area contributed by atoms with Crippen molar-refractivity contribution in [2.45, 2.75) is 12.8 Å². The molecule has 0 spiro atoms. The topological polar surface area (TPSA) is 16.4 Å². The number of hydrogen-bond donors (Lipinski definition) is 0. The summed E-state index contributed by atoms with van der Waals surface area (Å²) in [6.07, 6.45) is 1.92. The molecule has 0 aliphatic carbocycles. The van der Waals surface area contributed by atoms with Crippen LogP contribution in [0.1, 0.15) is 12.2 Å². The van der Waals surface area contributed by atoms with Crippen molar-refractivity contribution < 1.29 is 8.81 Å². The van der Waals surface area contributed by atoms with Crippen LogP contribution in [0.4, 0.5) is 4.39 Å². The fourth-order valence-corrected chi connectivity index (χ4v) is 1.89. The summed E-state index contributed by atoms with van der Waals surface area (Å²) in [5.74, 6) is 1.27. The molecule has 0 aliphatic rings. The molecule has 2 aromatic rings. The number of hydrogen-bond acceptors (Lipinski definition) is 2. The molecule has 2 nitrogen and oxygen atoms in total. The van der Waals surface area contributed by atoms with Gasteiger partial charge in [0.05, 0.1) is 5.56 Å². The van der Waals surface area contributed by atoms with E-state index in [1.807, 2.05) is 32.3 Å². The minimum Gasteiger partial charge on any atom is -0.461 e. The summed E-state index contributed by atoms with van der Waals surface area (Å²) in [5.41, 5.74) is 0.524. The molecule has 0 N–H and O–H groups in total. The lowest BCUT2D eigenvalue weighted by molar-refractivity contribution is 0.390. The average molecular weight is 247 g/mol. The standard InChI is InChI=1S/C15H18FNO/c1-17(2)11-5-6-12-9-10-15(18-12)13-7-3-4-8-14(13)16/h3-4,7-10H,5-6,11H2,1-2H3. The van der Waals surface area contributed by atoms with E-state index in [9.17, 15) is 4.39 Å². The third kappa shape index (κ3) is 3.20. The predicted octanol–water partition coefficient (Wildman–Crippen LogP) is 3.58. The SMILES string of the molecule is CN(C)CCCc1ccc(-c2ccccc2F)o1. The minimum absolute atomic E-state index is 0.244. The zero-order valence-corrected chi connectivity index (χ0v) is 10.8. The molecule has 1 aromatic heterocycles. The summed E-state index contributed by atoms with van der Waals surface area (Å²) in [5, 5.41) is 0. The first-order valence-corrected chi connectivity index (χ1v) is 6.15. The largest absolute Gasteiger partial charge is 0.461 e. The molecular weight excluding hydrogens is 229 g/mol. The average Bonchev–Trinajstić information content (AvgIpc) is 2.78. The van der Waals surface area contributed by atoms with Gasteiger partial charge in [0.1, 0.15) is 17.3 Å². The van der Waals surface area contributed by atoms with Gasteiger partial charge in [0.25, 0.3) is 0 Å². The maximum Gasteiger partial charge on any atom is 0.137 e. The van der Waals surface area contributed by atoms with E-state index in [4.69, 9.17) is 4.42 Å². The highest BCUT2D eigenvalue weighted by molar-refractivity contribution is 5.58. The van der Waals surface area contributed by atoms with Crippen molar-refractivity contribution in [1.82, 2.24) is 4.90 Å². The molecule has 1 aromatic carbocycles. The molecule has 0 amide bonds. The molecule has 0 bridgehead atoms. The first kappa shape index (κ1) is 12.8. The van der Waals surface area contributed by atoms with Gasteiger partial charge in [-0.05, 0) is 51.3 Å². The molecular formula is C15H18FNO. The van der Waals surface area contributed by atoms with Crippen molar-refractivity contribution in [3.63, 3.8) is 0 Å². The first-order chi connectivity index (χ1) is 8.66. The van der Waals surface area contributed by atoms with E-state index >= 15 is 0 Å². The molecule has 96 valence electrons. The van der Waals surface area contributed by atoms with E-state index < -0.39 is 0 Å². The fraction of sp³-hybridized carbons (Fsp3) is 0.333. The number of furan rings is 1. The second-order valence-corrected chi connectivity index (χ2v) is 4.65. The Morgan fingerprint density at radius 1 is 1.11 bits per heavy atom. The highest BCUT2D eigenvalue weighted by atomic mass is 19.1. The highest BCUT2D eigenvalue weighted by Gasteiger charge is 2.08. The summed E-state index contributed by atoms with van der Waals surface area (Å²) in [4.78, 5) is 2.14. The lowest BCUT2D eigenvalue weighted by atomic mass is 10.1. The maximum absolute atomic E-state index is 13.6. The Morgan fingerprint density at radius 3 is 2.61 bits per heavy atom. The number of benzene rings is 1. The maximum atomic E-state index is 13.6. The van der Waals surface area contributed by atoms with Crippen molar-refractivity contribution in [3.05, 3.63) is 48.0 Å². The van der Waals surface area contributed by atoms with Crippen LogP contribution in [0.5, 0.6) is 0 Å². The number of nitrogens with zero attached hydrogens (tertiary/aromatic N) is 1. The molecule has 0 saturated carbocycles. The van der Waals surface area contributed by atoms with Crippen LogP contribution in [0.2, 0.25) is 0 Å². The molecule has 0 unspecified atom stereocenters. The second kappa shape index (κ2) is 5.83. The Bertz CT molecular complexity index is 505. The molecule has 0 fully saturated rings. The molecule has 2 rings (SSSR count). The van der Waals surface area contributed by atoms with Crippen LogP contribution in [-0.4, -0.2) is 25.5 Å². The number of aryl methyl sites for hydroxylation is 1. The minimum atomic E-state index is -0.244. The lowest BCUT2D eigenvalue weighted by Gasteiger charge is -2.07. The van der Waals surface area contributed by atoms with Crippen molar-refractivity contribution in [2.75, 3.05) is 20.6 Å². The van der Waals surface area contributed by atoms with Gasteiger partial charge in [-0.3, -0.25) is 0 Å². The Hall–Kier alpha value is -1.61. The van der Waals surface area contributed by atoms with E-state index in [1.54, 1.807) is 12.1 Å². The van der Waals surface area contributed by atoms with E-state index in [2.05, 4.69) is 4.90 Å². The predicted molar refractivity (Wildman–Crippen MR) is 71.0 cm³/mol. The van der Waals surface area contributed by atoms with E-state index in [0.717, 1.165) is 25.1 Å². The lowest BCUT2D eigenvalue weighted by Crippen LogP contribution is -2.13.